The van der Waals surface area contributed by atoms with Crippen molar-refractivity contribution in [1.29, 1.82) is 0 Å². The lowest BCUT2D eigenvalue weighted by Crippen LogP contribution is -2.44. The van der Waals surface area contributed by atoms with Crippen LogP contribution in [0.4, 0.5) is 0 Å². The Morgan fingerprint density at radius 3 is 1.03 bits per heavy atom. The van der Waals surface area contributed by atoms with Crippen molar-refractivity contribution in [1.82, 2.24) is 0 Å². The summed E-state index contributed by atoms with van der Waals surface area (Å²) >= 11 is 0. The summed E-state index contributed by atoms with van der Waals surface area (Å²) in [5.74, 6) is 2.64. The van der Waals surface area contributed by atoms with Crippen molar-refractivity contribution in [3.05, 3.63) is 0 Å². The second kappa shape index (κ2) is 35.2. The van der Waals surface area contributed by atoms with Crippen LogP contribution < -0.4 is 0 Å². The Kier molecular flexibility index (Phi) is 43.8. The molecule has 3 saturated carbocycles. The molecule has 3 heterocycles. The Bertz CT molecular complexity index is 844. The molecule has 6 fully saturated rings. The molecule has 8 heteroatoms. The average Bonchev–Trinajstić information content (AvgIpc) is 3.76. The summed E-state index contributed by atoms with van der Waals surface area (Å²) in [5.41, 5.74) is 1.000. The highest BCUT2D eigenvalue weighted by Crippen LogP contribution is 2.44. The van der Waals surface area contributed by atoms with Crippen molar-refractivity contribution in [3.63, 3.8) is 0 Å². The molecule has 0 spiro atoms. The Labute approximate surface area is 368 Å². The van der Waals surface area contributed by atoms with Crippen LogP contribution in [0.1, 0.15) is 201 Å². The third kappa shape index (κ3) is 45.2. The monoisotopic (exact) mass is 843 g/mol. The molecule has 0 radical (unpaired) electrons. The van der Waals surface area contributed by atoms with Gasteiger partial charge in [0.2, 0.25) is 0 Å². The van der Waals surface area contributed by atoms with Gasteiger partial charge < -0.3 is 37.9 Å². The highest BCUT2D eigenvalue weighted by molar-refractivity contribution is 4.84. The summed E-state index contributed by atoms with van der Waals surface area (Å²) in [5, 5.41) is 0. The average molecular weight is 843 g/mol. The van der Waals surface area contributed by atoms with Crippen molar-refractivity contribution in [2.75, 3.05) is 59.5 Å². The molecule has 0 unspecified atom stereocenters. The smallest absolute Gasteiger partial charge is 0.105 e. The molecule has 0 N–H and O–H groups in total. The minimum Gasteiger partial charge on any atom is -0.381 e. The van der Waals surface area contributed by atoms with Gasteiger partial charge in [0.15, 0.2) is 0 Å². The van der Waals surface area contributed by atoms with Gasteiger partial charge in [-0.1, -0.05) is 79.7 Å². The molecule has 3 aliphatic carbocycles. The van der Waals surface area contributed by atoms with Gasteiger partial charge >= 0.3 is 0 Å². The fraction of sp³-hybridized carbons (Fsp3) is 1.00. The maximum atomic E-state index is 5.55. The van der Waals surface area contributed by atoms with E-state index in [0.717, 1.165) is 71.3 Å². The highest BCUT2D eigenvalue weighted by Gasteiger charge is 2.34. The normalized spacial score (nSPS) is 18.9. The van der Waals surface area contributed by atoms with E-state index < -0.39 is 0 Å². The Hall–Kier alpha value is -0.320. The molecule has 0 atom stereocenters. The van der Waals surface area contributed by atoms with Crippen LogP contribution in [0.15, 0.2) is 0 Å². The minimum atomic E-state index is -0.00551. The molecule has 58 heavy (non-hydrogen) atoms. The summed E-state index contributed by atoms with van der Waals surface area (Å²) in [6.45, 7) is 41.8. The number of hydrogen-bond acceptors (Lipinski definition) is 8. The van der Waals surface area contributed by atoms with E-state index in [9.17, 15) is 0 Å². The van der Waals surface area contributed by atoms with Crippen molar-refractivity contribution in [2.24, 2.45) is 28.6 Å². The maximum Gasteiger partial charge on any atom is 0.105 e. The molecular weight excluding hydrogens is 729 g/mol. The molecule has 3 aliphatic heterocycles. The first-order valence-electron chi connectivity index (χ1n) is 20.4. The van der Waals surface area contributed by atoms with E-state index in [2.05, 4.69) is 111 Å². The largest absolute Gasteiger partial charge is 0.381 e. The lowest BCUT2D eigenvalue weighted by Gasteiger charge is -2.38. The molecule has 362 valence electrons. The molecule has 3 saturated heterocycles. The van der Waals surface area contributed by atoms with Crippen molar-refractivity contribution in [2.45, 2.75) is 243 Å². The van der Waals surface area contributed by atoms with E-state index in [1.807, 2.05) is 0 Å². The van der Waals surface area contributed by atoms with Crippen LogP contribution in [0.25, 0.3) is 0 Å². The van der Waals surface area contributed by atoms with E-state index in [0.29, 0.717) is 47.3 Å². The molecule has 0 bridgehead atoms. The van der Waals surface area contributed by atoms with E-state index in [4.69, 9.17) is 37.9 Å². The quantitative estimate of drug-likeness (QED) is 0.204. The first kappa shape index (κ1) is 72.1. The van der Waals surface area contributed by atoms with E-state index in [1.54, 1.807) is 0 Å². The van der Waals surface area contributed by atoms with E-state index in [-0.39, 0.29) is 63.2 Å². The van der Waals surface area contributed by atoms with E-state index >= 15 is 0 Å². The summed E-state index contributed by atoms with van der Waals surface area (Å²) in [4.78, 5) is 0. The Balaban J connectivity index is -0.000000105. The van der Waals surface area contributed by atoms with Gasteiger partial charge in [-0.25, -0.2) is 0 Å². The minimum absolute atomic E-state index is 0. The predicted octanol–water partition coefficient (Wildman–Crippen LogP) is 14.4. The van der Waals surface area contributed by atoms with Gasteiger partial charge in [-0.05, 0) is 139 Å². The van der Waals surface area contributed by atoms with Crippen LogP contribution in [0, 0.1) is 28.6 Å². The SMILES string of the molecule is C.C.C.C.C.C.C.CC(C)(C)C1CC1.CC(C)(C)OC1CC1.CC(C)(C)OC1COC1.CC(C)OCC1(C)COC1.CC(C)OCC1CC1.CC(C)OCC1COC1. The van der Waals surface area contributed by atoms with Crippen molar-refractivity contribution < 1.29 is 37.9 Å². The summed E-state index contributed by atoms with van der Waals surface area (Å²) in [6.07, 6.45) is 10.4. The van der Waals surface area contributed by atoms with Gasteiger partial charge in [-0.3, -0.25) is 0 Å². The molecule has 0 amide bonds. The summed E-state index contributed by atoms with van der Waals surface area (Å²) in [7, 11) is 0. The van der Waals surface area contributed by atoms with Crippen LogP contribution in [0.5, 0.6) is 0 Å². The molecule has 0 aromatic carbocycles. The molecular formula is C50H114O8. The number of rotatable bonds is 11. The van der Waals surface area contributed by atoms with Gasteiger partial charge in [-0.15, -0.1) is 0 Å². The second-order valence-electron chi connectivity index (χ2n) is 19.7. The fourth-order valence-electron chi connectivity index (χ4n) is 4.64. The zero-order chi connectivity index (χ0) is 38.9. The van der Waals surface area contributed by atoms with Crippen LogP contribution in [0.2, 0.25) is 0 Å². The van der Waals surface area contributed by atoms with Gasteiger partial charge in [0.05, 0.1) is 88.5 Å². The van der Waals surface area contributed by atoms with Gasteiger partial charge in [-0.2, -0.15) is 0 Å². The fourth-order valence-corrected chi connectivity index (χ4v) is 4.64. The van der Waals surface area contributed by atoms with Crippen LogP contribution in [-0.4, -0.2) is 101 Å². The van der Waals surface area contributed by atoms with E-state index in [1.165, 1.54) is 38.5 Å². The number of hydrogen-bond donors (Lipinski definition) is 0. The third-order valence-electron chi connectivity index (χ3n) is 8.38. The maximum absolute atomic E-state index is 5.55. The first-order valence-corrected chi connectivity index (χ1v) is 20.4. The van der Waals surface area contributed by atoms with Gasteiger partial charge in [0.1, 0.15) is 6.10 Å². The molecule has 0 aromatic rings. The van der Waals surface area contributed by atoms with Crippen molar-refractivity contribution in [3.8, 4) is 0 Å². The molecule has 6 aliphatic rings. The zero-order valence-electron chi connectivity index (χ0n) is 36.5. The lowest BCUT2D eigenvalue weighted by molar-refractivity contribution is -0.176. The van der Waals surface area contributed by atoms with Crippen LogP contribution >= 0.6 is 0 Å². The van der Waals surface area contributed by atoms with Gasteiger partial charge in [0, 0.05) is 17.9 Å². The predicted molar refractivity (Wildman–Crippen MR) is 258 cm³/mol. The molecule has 8 nitrogen and oxygen atoms in total. The topological polar surface area (TPSA) is 73.8 Å². The van der Waals surface area contributed by atoms with Crippen LogP contribution in [-0.2, 0) is 37.9 Å². The number of ether oxygens (including phenoxy) is 8. The first-order chi connectivity index (χ1) is 23.5. The Morgan fingerprint density at radius 2 is 0.862 bits per heavy atom. The second-order valence-corrected chi connectivity index (χ2v) is 19.7. The lowest BCUT2D eigenvalue weighted by atomic mass is 9.90. The highest BCUT2D eigenvalue weighted by atomic mass is 16.6. The summed E-state index contributed by atoms with van der Waals surface area (Å²) < 4.78 is 42.3. The van der Waals surface area contributed by atoms with Gasteiger partial charge in [0.25, 0.3) is 0 Å². The summed E-state index contributed by atoms with van der Waals surface area (Å²) in [6, 6.07) is 0. The molecule has 0 aromatic heterocycles. The third-order valence-corrected chi connectivity index (χ3v) is 8.38. The van der Waals surface area contributed by atoms with Crippen molar-refractivity contribution >= 4 is 0 Å². The zero-order valence-corrected chi connectivity index (χ0v) is 36.5. The standard InChI is InChI=1S/C8H16O2.2C7H14O2.2C7H14O.C7H14.7CH4/c1-7(2)10-6-8(3)4-9-5-8;1-7(2,3)9-6-4-8-5-6;1-6(2)9-5-7-3-8-4-7;1-7(2,3)8-6-4-5-6;1-6(2)8-5-7-3-4-7;1-7(2,3)6-4-5-6;;;;;;;/h7H,4-6H2,1-3H3;6H,4-5H2,1-3H3;6-7H,3-5H2,1-2H3;6H,4-5H2,1-3H3;6-7H,3-5H2,1-2H3;6H,4-5H2,1-3H3;7*1H4. The molecule has 6 rings (SSSR count). The van der Waals surface area contributed by atoms with Crippen LogP contribution in [0.3, 0.4) is 0 Å². The Morgan fingerprint density at radius 1 is 0.483 bits per heavy atom.